The lowest BCUT2D eigenvalue weighted by atomic mass is 9.84. The summed E-state index contributed by atoms with van der Waals surface area (Å²) < 4.78 is 13.5. The number of aryl methyl sites for hydroxylation is 1. The van der Waals surface area contributed by atoms with Gasteiger partial charge in [0.1, 0.15) is 11.6 Å². The Morgan fingerprint density at radius 1 is 1.00 bits per heavy atom. The molecule has 0 saturated carbocycles. The quantitative estimate of drug-likeness (QED) is 0.470. The largest absolute Gasteiger partial charge is 0.355 e. The van der Waals surface area contributed by atoms with Gasteiger partial charge in [-0.05, 0) is 48.9 Å². The number of carbonyl (C=O) groups excluding carboxylic acids is 1. The minimum Gasteiger partial charge on any atom is -0.355 e. The van der Waals surface area contributed by atoms with E-state index in [0.717, 1.165) is 30.9 Å². The van der Waals surface area contributed by atoms with Crippen molar-refractivity contribution in [2.75, 3.05) is 31.1 Å². The Kier molecular flexibility index (Phi) is 4.97. The van der Waals surface area contributed by atoms with Crippen molar-refractivity contribution in [1.82, 2.24) is 29.9 Å². The second-order valence-electron chi connectivity index (χ2n) is 9.23. The number of benzene rings is 2. The molecular formula is C25H24FN7O. The monoisotopic (exact) mass is 457 g/mol. The van der Waals surface area contributed by atoms with Gasteiger partial charge < -0.3 is 9.80 Å². The molecule has 4 aromatic rings. The molecule has 2 aliphatic heterocycles. The lowest BCUT2D eigenvalue weighted by Gasteiger charge is -2.46. The lowest BCUT2D eigenvalue weighted by molar-refractivity contribution is 0.0563. The number of rotatable bonds is 3. The van der Waals surface area contributed by atoms with Crippen LogP contribution in [0, 0.1) is 24.6 Å². The Bertz CT molecular complexity index is 1360. The van der Waals surface area contributed by atoms with Crippen molar-refractivity contribution in [3.05, 3.63) is 71.9 Å². The molecule has 0 aliphatic carbocycles. The number of aromatic nitrogens is 5. The fourth-order valence-electron chi connectivity index (χ4n) is 5.36. The number of fused-ring (bicyclic) bond motifs is 3. The van der Waals surface area contributed by atoms with Gasteiger partial charge in [-0.25, -0.2) is 9.37 Å². The number of anilines is 1. The molecule has 6 rings (SSSR count). The average Bonchev–Trinajstić information content (AvgIpc) is 3.37. The average molecular weight is 458 g/mol. The van der Waals surface area contributed by atoms with Gasteiger partial charge in [0.2, 0.25) is 0 Å². The van der Waals surface area contributed by atoms with Crippen LogP contribution >= 0.6 is 0 Å². The van der Waals surface area contributed by atoms with Crippen molar-refractivity contribution in [2.24, 2.45) is 11.8 Å². The number of nitrogens with zero attached hydrogens (tertiary/aromatic N) is 7. The van der Waals surface area contributed by atoms with Crippen LogP contribution in [0.5, 0.6) is 0 Å². The standard InChI is InChI=1S/C25H24FN7O/c1-16-3-2-4-22(33-28-7-8-29-33)24(16)25(34)32-14-17-9-18(15-32)13-31(12-17)23-11-27-21-10-19(26)5-6-20(21)30-23/h2-8,10-11,17-18H,9,12-15H2,1H3. The third-order valence-corrected chi connectivity index (χ3v) is 6.78. The van der Waals surface area contributed by atoms with Gasteiger partial charge in [-0.2, -0.15) is 15.0 Å². The smallest absolute Gasteiger partial charge is 0.256 e. The van der Waals surface area contributed by atoms with Crippen LogP contribution < -0.4 is 4.90 Å². The molecule has 172 valence electrons. The number of hydrogen-bond acceptors (Lipinski definition) is 6. The first-order valence-corrected chi connectivity index (χ1v) is 11.5. The van der Waals surface area contributed by atoms with Gasteiger partial charge in [-0.1, -0.05) is 12.1 Å². The second kappa shape index (κ2) is 8.16. The zero-order chi connectivity index (χ0) is 23.2. The Hall–Kier alpha value is -3.88. The van der Waals surface area contributed by atoms with E-state index in [1.807, 2.05) is 30.0 Å². The maximum atomic E-state index is 13.7. The van der Waals surface area contributed by atoms with E-state index in [4.69, 9.17) is 4.98 Å². The summed E-state index contributed by atoms with van der Waals surface area (Å²) in [4.78, 5) is 28.6. The first kappa shape index (κ1) is 20.7. The van der Waals surface area contributed by atoms with E-state index >= 15 is 0 Å². The maximum absolute atomic E-state index is 13.7. The molecule has 2 bridgehead atoms. The van der Waals surface area contributed by atoms with Crippen LogP contribution in [0.1, 0.15) is 22.3 Å². The van der Waals surface area contributed by atoms with Crippen LogP contribution in [-0.4, -0.2) is 61.9 Å². The normalized spacial score (nSPS) is 20.1. The highest BCUT2D eigenvalue weighted by Crippen LogP contribution is 2.33. The van der Waals surface area contributed by atoms with Crippen molar-refractivity contribution in [3.8, 4) is 5.69 Å². The Morgan fingerprint density at radius 2 is 1.76 bits per heavy atom. The summed E-state index contributed by atoms with van der Waals surface area (Å²) in [6.07, 6.45) is 6.04. The molecular weight excluding hydrogens is 433 g/mol. The van der Waals surface area contributed by atoms with E-state index in [9.17, 15) is 9.18 Å². The fraction of sp³-hybridized carbons (Fsp3) is 0.320. The van der Waals surface area contributed by atoms with Gasteiger partial charge in [-0.15, -0.1) is 0 Å². The zero-order valence-corrected chi connectivity index (χ0v) is 18.8. The number of piperidine rings is 2. The van der Waals surface area contributed by atoms with Gasteiger partial charge in [0.25, 0.3) is 5.91 Å². The van der Waals surface area contributed by atoms with Crippen molar-refractivity contribution < 1.29 is 9.18 Å². The van der Waals surface area contributed by atoms with Crippen molar-refractivity contribution in [3.63, 3.8) is 0 Å². The number of hydrogen-bond donors (Lipinski definition) is 0. The van der Waals surface area contributed by atoms with Crippen LogP contribution in [0.25, 0.3) is 16.7 Å². The first-order valence-electron chi connectivity index (χ1n) is 11.5. The summed E-state index contributed by atoms with van der Waals surface area (Å²) in [5.41, 5.74) is 3.52. The highest BCUT2D eigenvalue weighted by Gasteiger charge is 2.37. The minimum absolute atomic E-state index is 0.0288. The van der Waals surface area contributed by atoms with Crippen molar-refractivity contribution >= 4 is 22.8 Å². The van der Waals surface area contributed by atoms with Crippen molar-refractivity contribution in [1.29, 1.82) is 0 Å². The Balaban J connectivity index is 1.23. The second-order valence-corrected chi connectivity index (χ2v) is 9.23. The Labute approximate surface area is 196 Å². The van der Waals surface area contributed by atoms with E-state index in [2.05, 4.69) is 20.1 Å². The molecule has 2 saturated heterocycles. The summed E-state index contributed by atoms with van der Waals surface area (Å²) in [5, 5.41) is 8.47. The predicted molar refractivity (Wildman–Crippen MR) is 125 cm³/mol. The number of likely N-dealkylation sites (tertiary alicyclic amines) is 1. The summed E-state index contributed by atoms with van der Waals surface area (Å²) in [7, 11) is 0. The van der Waals surface area contributed by atoms with Gasteiger partial charge in [0.15, 0.2) is 0 Å². The molecule has 2 aromatic carbocycles. The molecule has 2 atom stereocenters. The molecule has 0 N–H and O–H groups in total. The molecule has 2 fully saturated rings. The summed E-state index contributed by atoms with van der Waals surface area (Å²) >= 11 is 0. The molecule has 1 amide bonds. The lowest BCUT2D eigenvalue weighted by Crippen LogP contribution is -2.54. The summed E-state index contributed by atoms with van der Waals surface area (Å²) in [5.74, 6) is 1.21. The highest BCUT2D eigenvalue weighted by molar-refractivity contribution is 5.99. The highest BCUT2D eigenvalue weighted by atomic mass is 19.1. The topological polar surface area (TPSA) is 80.0 Å². The predicted octanol–water partition coefficient (Wildman–Crippen LogP) is 3.26. The molecule has 34 heavy (non-hydrogen) atoms. The van der Waals surface area contributed by atoms with E-state index in [0.29, 0.717) is 47.2 Å². The summed E-state index contributed by atoms with van der Waals surface area (Å²) in [6, 6.07) is 10.2. The number of amides is 1. The van der Waals surface area contributed by atoms with Gasteiger partial charge in [-0.3, -0.25) is 9.78 Å². The molecule has 9 heteroatoms. The number of halogens is 1. The molecule has 2 aliphatic rings. The SMILES string of the molecule is Cc1cccc(-n2nccn2)c1C(=O)N1CC2CC(C1)CN(c1cnc3cc(F)ccc3n1)C2. The summed E-state index contributed by atoms with van der Waals surface area (Å²) in [6.45, 7) is 4.96. The number of carbonyl (C=O) groups is 1. The van der Waals surface area contributed by atoms with Crippen LogP contribution in [0.3, 0.4) is 0 Å². The molecule has 0 spiro atoms. The maximum Gasteiger partial charge on any atom is 0.256 e. The van der Waals surface area contributed by atoms with Crippen LogP contribution in [0.2, 0.25) is 0 Å². The van der Waals surface area contributed by atoms with E-state index in [1.165, 1.54) is 16.9 Å². The molecule has 8 nitrogen and oxygen atoms in total. The van der Waals surface area contributed by atoms with E-state index in [-0.39, 0.29) is 11.7 Å². The first-order chi connectivity index (χ1) is 16.5. The van der Waals surface area contributed by atoms with Crippen molar-refractivity contribution in [2.45, 2.75) is 13.3 Å². The molecule has 0 radical (unpaired) electrons. The molecule has 2 unspecified atom stereocenters. The molecule has 4 heterocycles. The molecule has 2 aromatic heterocycles. The van der Waals surface area contributed by atoms with E-state index in [1.54, 1.807) is 24.7 Å². The Morgan fingerprint density at radius 3 is 2.53 bits per heavy atom. The van der Waals surface area contributed by atoms with Gasteiger partial charge in [0, 0.05) is 32.2 Å². The van der Waals surface area contributed by atoms with Crippen LogP contribution in [0.15, 0.2) is 55.0 Å². The van der Waals surface area contributed by atoms with Crippen LogP contribution in [-0.2, 0) is 0 Å². The third-order valence-electron chi connectivity index (χ3n) is 6.78. The fourth-order valence-corrected chi connectivity index (χ4v) is 5.36. The van der Waals surface area contributed by atoms with Crippen LogP contribution in [0.4, 0.5) is 10.2 Å². The zero-order valence-electron chi connectivity index (χ0n) is 18.8. The van der Waals surface area contributed by atoms with E-state index < -0.39 is 0 Å². The van der Waals surface area contributed by atoms with Gasteiger partial charge in [0.05, 0.1) is 40.9 Å². The minimum atomic E-state index is -0.313. The third kappa shape index (κ3) is 3.67. The van der Waals surface area contributed by atoms with Gasteiger partial charge >= 0.3 is 0 Å².